The normalized spacial score (nSPS) is 10.7. The quantitative estimate of drug-likeness (QED) is 0.506. The Labute approximate surface area is 177 Å². The van der Waals surface area contributed by atoms with E-state index in [0.717, 1.165) is 0 Å². The van der Waals surface area contributed by atoms with Crippen molar-refractivity contribution in [2.24, 2.45) is 0 Å². The molecule has 0 aliphatic rings. The highest BCUT2D eigenvalue weighted by Gasteiger charge is 2.19. The summed E-state index contributed by atoms with van der Waals surface area (Å²) in [5, 5.41) is 0. The molecule has 0 radical (unpaired) electrons. The summed E-state index contributed by atoms with van der Waals surface area (Å²) in [6.07, 6.45) is 3.11. The van der Waals surface area contributed by atoms with Crippen LogP contribution in [0.4, 0.5) is 10.3 Å². The molecule has 154 valence electrons. The van der Waals surface area contributed by atoms with Crippen molar-refractivity contribution in [3.63, 3.8) is 0 Å². The average molecular weight is 414 g/mol. The molecule has 0 fully saturated rings. The van der Waals surface area contributed by atoms with Crippen LogP contribution in [0.2, 0.25) is 0 Å². The Bertz CT molecular complexity index is 1390. The van der Waals surface area contributed by atoms with Gasteiger partial charge in [0.25, 0.3) is 11.1 Å². The van der Waals surface area contributed by atoms with Gasteiger partial charge < -0.3 is 5.73 Å². The molecule has 0 aliphatic carbocycles. The zero-order chi connectivity index (χ0) is 22.0. The van der Waals surface area contributed by atoms with Gasteiger partial charge in [-0.2, -0.15) is 0 Å². The average Bonchev–Trinajstić information content (AvgIpc) is 2.77. The summed E-state index contributed by atoms with van der Waals surface area (Å²) in [7, 11) is 0. The van der Waals surface area contributed by atoms with Crippen LogP contribution in [0, 0.1) is 5.82 Å². The van der Waals surface area contributed by atoms with E-state index >= 15 is 0 Å². The van der Waals surface area contributed by atoms with Crippen LogP contribution in [0.3, 0.4) is 0 Å². The highest BCUT2D eigenvalue weighted by Crippen LogP contribution is 2.29. The summed E-state index contributed by atoms with van der Waals surface area (Å²) in [6, 6.07) is 17.8. The minimum absolute atomic E-state index is 0.00991. The minimum Gasteiger partial charge on any atom is -0.369 e. The van der Waals surface area contributed by atoms with E-state index in [4.69, 9.17) is 5.73 Å². The zero-order valence-corrected chi connectivity index (χ0v) is 16.5. The molecule has 0 saturated carbocycles. The molecule has 6 nitrogen and oxygen atoms in total. The highest BCUT2D eigenvalue weighted by atomic mass is 19.1. The van der Waals surface area contributed by atoms with Gasteiger partial charge in [0.05, 0.1) is 11.3 Å². The summed E-state index contributed by atoms with van der Waals surface area (Å²) >= 11 is 0. The van der Waals surface area contributed by atoms with Gasteiger partial charge in [-0.05, 0) is 30.3 Å². The predicted molar refractivity (Wildman–Crippen MR) is 120 cm³/mol. The molecule has 7 heteroatoms. The largest absolute Gasteiger partial charge is 0.369 e. The van der Waals surface area contributed by atoms with Gasteiger partial charge in [-0.25, -0.2) is 9.37 Å². The smallest absolute Gasteiger partial charge is 0.263 e. The second-order valence-electron chi connectivity index (χ2n) is 6.87. The second kappa shape index (κ2) is 8.23. The third kappa shape index (κ3) is 3.81. The molecule has 2 heterocycles. The van der Waals surface area contributed by atoms with E-state index in [0.29, 0.717) is 16.8 Å². The van der Waals surface area contributed by atoms with Gasteiger partial charge in [0.15, 0.2) is 0 Å². The first-order valence-electron chi connectivity index (χ1n) is 9.55. The number of hydrogen-bond acceptors (Lipinski definition) is 4. The minimum atomic E-state index is -0.464. The van der Waals surface area contributed by atoms with Crippen molar-refractivity contribution >= 4 is 5.95 Å². The lowest BCUT2D eigenvalue weighted by molar-refractivity contribution is 0.628. The van der Waals surface area contributed by atoms with Gasteiger partial charge in [-0.15, -0.1) is 6.58 Å². The first kappa shape index (κ1) is 20.0. The third-order valence-electron chi connectivity index (χ3n) is 4.84. The van der Waals surface area contributed by atoms with E-state index in [1.54, 1.807) is 30.5 Å². The Balaban J connectivity index is 2.04. The fraction of sp³-hybridized carbons (Fsp3) is 0.0417. The fourth-order valence-electron chi connectivity index (χ4n) is 3.41. The number of allylic oxidation sites excluding steroid dienone is 1. The van der Waals surface area contributed by atoms with E-state index in [1.807, 2.05) is 18.2 Å². The van der Waals surface area contributed by atoms with Gasteiger partial charge in [0.1, 0.15) is 5.82 Å². The van der Waals surface area contributed by atoms with Gasteiger partial charge in [-0.1, -0.05) is 36.4 Å². The maximum atomic E-state index is 13.9. The maximum absolute atomic E-state index is 13.9. The molecule has 2 aromatic heterocycles. The van der Waals surface area contributed by atoms with Gasteiger partial charge >= 0.3 is 0 Å². The van der Waals surface area contributed by atoms with Crippen LogP contribution < -0.4 is 16.9 Å². The van der Waals surface area contributed by atoms with E-state index < -0.39 is 11.4 Å². The Hall–Kier alpha value is -4.26. The Kier molecular flexibility index (Phi) is 5.32. The van der Waals surface area contributed by atoms with Crippen LogP contribution >= 0.6 is 0 Å². The van der Waals surface area contributed by atoms with Crippen molar-refractivity contribution in [1.82, 2.24) is 14.1 Å². The van der Waals surface area contributed by atoms with E-state index in [9.17, 15) is 14.0 Å². The topological polar surface area (TPSA) is 82.9 Å². The lowest BCUT2D eigenvalue weighted by atomic mass is 10.0. The second-order valence-corrected chi connectivity index (χ2v) is 6.87. The number of nitrogens with zero attached hydrogens (tertiary/aromatic N) is 3. The summed E-state index contributed by atoms with van der Waals surface area (Å²) in [5.41, 5.74) is 7.33. The molecule has 0 bridgehead atoms. The van der Waals surface area contributed by atoms with Crippen molar-refractivity contribution < 1.29 is 4.39 Å². The Morgan fingerprint density at radius 2 is 1.77 bits per heavy atom. The first-order valence-corrected chi connectivity index (χ1v) is 9.55. The van der Waals surface area contributed by atoms with E-state index in [2.05, 4.69) is 11.6 Å². The van der Waals surface area contributed by atoms with Crippen LogP contribution in [0.1, 0.15) is 0 Å². The number of hydrogen-bond donors (Lipinski definition) is 1. The number of pyridine rings is 1. The first-order chi connectivity index (χ1) is 15.0. The third-order valence-corrected chi connectivity index (χ3v) is 4.84. The number of nitrogen functional groups attached to an aromatic ring is 1. The van der Waals surface area contributed by atoms with Crippen LogP contribution in [0.25, 0.3) is 28.1 Å². The van der Waals surface area contributed by atoms with Crippen LogP contribution in [-0.2, 0) is 6.54 Å². The maximum Gasteiger partial charge on any atom is 0.263 e. The molecular formula is C24H19FN4O2. The molecular weight excluding hydrogens is 395 g/mol. The molecule has 2 N–H and O–H groups in total. The lowest BCUT2D eigenvalue weighted by Gasteiger charge is -2.15. The number of para-hydroxylation sites is 1. The number of rotatable bonds is 5. The lowest BCUT2D eigenvalue weighted by Crippen LogP contribution is -2.27. The number of benzene rings is 2. The summed E-state index contributed by atoms with van der Waals surface area (Å²) in [6.45, 7) is 3.82. The van der Waals surface area contributed by atoms with Crippen LogP contribution in [-0.4, -0.2) is 14.1 Å². The number of anilines is 1. The highest BCUT2D eigenvalue weighted by molar-refractivity contribution is 5.80. The predicted octanol–water partition coefficient (Wildman–Crippen LogP) is 3.64. The molecule has 4 aromatic rings. The molecule has 31 heavy (non-hydrogen) atoms. The fourth-order valence-corrected chi connectivity index (χ4v) is 3.41. The number of halogens is 1. The van der Waals surface area contributed by atoms with Crippen LogP contribution in [0.15, 0.2) is 95.2 Å². The number of nitrogens with two attached hydrogens (primary N) is 1. The molecule has 0 spiro atoms. The van der Waals surface area contributed by atoms with Gasteiger partial charge in [0, 0.05) is 35.6 Å². The van der Waals surface area contributed by atoms with Crippen molar-refractivity contribution in [1.29, 1.82) is 0 Å². The van der Waals surface area contributed by atoms with Crippen molar-refractivity contribution in [3.05, 3.63) is 112 Å². The molecule has 0 atom stereocenters. The molecule has 0 saturated heterocycles. The van der Waals surface area contributed by atoms with Crippen LogP contribution in [0.5, 0.6) is 0 Å². The zero-order valence-electron chi connectivity index (χ0n) is 16.5. The van der Waals surface area contributed by atoms with E-state index in [1.165, 1.54) is 39.5 Å². The van der Waals surface area contributed by atoms with Crippen molar-refractivity contribution in [2.75, 3.05) is 5.73 Å². The SMILES string of the molecule is C=CCn1c(N)nc(-c2cccc(F)c2)c(-c2ccc(=O)n(-c3ccccc3)c2)c1=O. The summed E-state index contributed by atoms with van der Waals surface area (Å²) in [4.78, 5) is 30.3. The van der Waals surface area contributed by atoms with E-state index in [-0.39, 0.29) is 29.3 Å². The Morgan fingerprint density at radius 3 is 2.48 bits per heavy atom. The summed E-state index contributed by atoms with van der Waals surface area (Å²) in [5.74, 6) is -0.474. The molecule has 0 unspecified atom stereocenters. The Morgan fingerprint density at radius 1 is 1.00 bits per heavy atom. The monoisotopic (exact) mass is 414 g/mol. The van der Waals surface area contributed by atoms with Gasteiger partial charge in [0.2, 0.25) is 5.95 Å². The standard InChI is InChI=1S/C24H19FN4O2/c1-2-13-28-23(31)21(22(27-24(28)26)16-7-6-8-18(25)14-16)17-11-12-20(30)29(15-17)19-9-4-3-5-10-19/h2-12,14-15H,1,13H2,(H2,26,27). The number of aromatic nitrogens is 3. The molecule has 4 rings (SSSR count). The summed E-state index contributed by atoms with van der Waals surface area (Å²) < 4.78 is 16.6. The molecule has 0 amide bonds. The van der Waals surface area contributed by atoms with Crippen molar-refractivity contribution in [3.8, 4) is 28.1 Å². The molecule has 2 aromatic carbocycles. The van der Waals surface area contributed by atoms with Gasteiger partial charge in [-0.3, -0.25) is 18.7 Å². The van der Waals surface area contributed by atoms with Crippen molar-refractivity contribution in [2.45, 2.75) is 6.54 Å². The molecule has 0 aliphatic heterocycles.